The monoisotopic (exact) mass is 668 g/mol. The van der Waals surface area contributed by atoms with E-state index in [0.717, 1.165) is 22.2 Å². The van der Waals surface area contributed by atoms with E-state index in [2.05, 4.69) is 42.1 Å². The highest BCUT2D eigenvalue weighted by Gasteiger charge is 2.48. The molecule has 204 valence electrons. The molecular weight excluding hydrogens is 650 g/mol. The van der Waals surface area contributed by atoms with Crippen LogP contribution in [-0.4, -0.2) is 56.0 Å². The van der Waals surface area contributed by atoms with Gasteiger partial charge in [0.2, 0.25) is 0 Å². The van der Waals surface area contributed by atoms with Crippen LogP contribution in [0, 0.1) is 0 Å². The van der Waals surface area contributed by atoms with E-state index in [1.807, 2.05) is 0 Å². The molecule has 2 atom stereocenters. The summed E-state index contributed by atoms with van der Waals surface area (Å²) >= 11 is 6.33. The molecule has 38 heavy (non-hydrogen) atoms. The van der Waals surface area contributed by atoms with Crippen molar-refractivity contribution in [2.24, 2.45) is 10.2 Å². The highest BCUT2D eigenvalue weighted by molar-refractivity contribution is 9.10. The molecule has 2 aromatic carbocycles. The average Bonchev–Trinajstić information content (AvgIpc) is 3.16. The van der Waals surface area contributed by atoms with Gasteiger partial charge in [-0.3, -0.25) is 9.59 Å². The van der Waals surface area contributed by atoms with Gasteiger partial charge in [-0.2, -0.15) is 36.5 Å². The number of carbonyl (C=O) groups excluding carboxylic acids is 2. The fraction of sp³-hybridized carbons (Fsp3) is 0.333. The largest absolute Gasteiger partial charge is 0.417 e. The predicted octanol–water partition coefficient (Wildman–Crippen LogP) is 6.07. The van der Waals surface area contributed by atoms with Crippen molar-refractivity contribution in [3.05, 3.63) is 70.8 Å². The lowest BCUT2D eigenvalue weighted by Crippen LogP contribution is -2.37. The molecule has 2 aliphatic rings. The second-order valence-corrected chi connectivity index (χ2v) is 11.8. The van der Waals surface area contributed by atoms with Gasteiger partial charge in [0, 0.05) is 25.2 Å². The molecule has 0 radical (unpaired) electrons. The molecule has 2 aromatic rings. The molecule has 14 heteroatoms. The molecule has 6 nitrogen and oxygen atoms in total. The van der Waals surface area contributed by atoms with Crippen LogP contribution in [0.25, 0.3) is 0 Å². The third-order valence-corrected chi connectivity index (χ3v) is 7.19. The number of hydrogen-bond acceptors (Lipinski definition) is 4. The first-order valence-electron chi connectivity index (χ1n) is 10.8. The first-order chi connectivity index (χ1) is 17.3. The highest BCUT2D eigenvalue weighted by atomic mass is 79.9. The molecule has 0 fully saturated rings. The molecule has 0 N–H and O–H groups in total. The van der Waals surface area contributed by atoms with Gasteiger partial charge in [0.25, 0.3) is 11.8 Å². The molecule has 2 amide bonds. The molecule has 0 aliphatic carbocycles. The van der Waals surface area contributed by atoms with E-state index in [1.165, 1.54) is 64.3 Å². The van der Waals surface area contributed by atoms with Crippen molar-refractivity contribution in [2.45, 2.75) is 34.8 Å². The summed E-state index contributed by atoms with van der Waals surface area (Å²) in [5, 5.41) is 9.92. The average molecular weight is 670 g/mol. The molecule has 2 unspecified atom stereocenters. The van der Waals surface area contributed by atoms with Crippen molar-refractivity contribution in [3.8, 4) is 0 Å². The van der Waals surface area contributed by atoms with E-state index in [1.54, 1.807) is 0 Å². The predicted molar refractivity (Wildman–Crippen MR) is 136 cm³/mol. The van der Waals surface area contributed by atoms with Crippen molar-refractivity contribution >= 4 is 55.1 Å². The Labute approximate surface area is 230 Å². The molecule has 0 saturated carbocycles. The minimum atomic E-state index is -4.49. The van der Waals surface area contributed by atoms with Gasteiger partial charge in [0.05, 0.1) is 22.6 Å². The third-order valence-electron chi connectivity index (χ3n) is 5.76. The van der Waals surface area contributed by atoms with Crippen LogP contribution >= 0.6 is 31.9 Å². The number of halogens is 8. The molecule has 0 aromatic heterocycles. The molecule has 0 saturated heterocycles. The van der Waals surface area contributed by atoms with Gasteiger partial charge in [-0.05, 0) is 26.0 Å². The minimum Gasteiger partial charge on any atom is -0.271 e. The number of nitrogens with zero attached hydrogens (tertiary/aromatic N) is 4. The number of amides is 2. The minimum absolute atomic E-state index is 0.0629. The lowest BCUT2D eigenvalue weighted by molar-refractivity contribution is -0.138. The van der Waals surface area contributed by atoms with Gasteiger partial charge in [-0.1, -0.05) is 68.3 Å². The van der Waals surface area contributed by atoms with Crippen LogP contribution in [0.5, 0.6) is 0 Å². The Kier molecular flexibility index (Phi) is 7.92. The quantitative estimate of drug-likeness (QED) is 0.288. The smallest absolute Gasteiger partial charge is 0.271 e. The Morgan fingerprint density at radius 3 is 1.18 bits per heavy atom. The van der Waals surface area contributed by atoms with Crippen LogP contribution in [-0.2, 0) is 21.9 Å². The van der Waals surface area contributed by atoms with Crippen LogP contribution in [0.4, 0.5) is 26.3 Å². The number of benzene rings is 2. The number of alkyl halides is 8. The van der Waals surface area contributed by atoms with E-state index >= 15 is 0 Å². The first-order valence-corrected chi connectivity index (χ1v) is 12.3. The third kappa shape index (κ3) is 5.51. The maximum absolute atomic E-state index is 13.0. The summed E-state index contributed by atoms with van der Waals surface area (Å²) < 4.78 is 75.4. The zero-order valence-electron chi connectivity index (χ0n) is 20.2. The summed E-state index contributed by atoms with van der Waals surface area (Å²) in [6.45, 7) is 2.98. The van der Waals surface area contributed by atoms with Gasteiger partial charge < -0.3 is 0 Å². The number of hydrazone groups is 2. The lowest BCUT2D eigenvalue weighted by atomic mass is 9.94. The Morgan fingerprint density at radius 1 is 0.658 bits per heavy atom. The highest BCUT2D eigenvalue weighted by Crippen LogP contribution is 2.39. The molecular formula is C24H20Br2F6N4O2. The molecule has 2 aliphatic heterocycles. The number of rotatable bonds is 2. The Bertz CT molecular complexity index is 1230. The van der Waals surface area contributed by atoms with Crippen molar-refractivity contribution in [1.82, 2.24) is 10.0 Å². The van der Waals surface area contributed by atoms with E-state index in [0.29, 0.717) is 0 Å². The summed E-state index contributed by atoms with van der Waals surface area (Å²) in [5.41, 5.74) is -1.66. The summed E-state index contributed by atoms with van der Waals surface area (Å²) in [6, 6.07) is 10.2. The van der Waals surface area contributed by atoms with E-state index < -0.39 is 43.9 Å². The number of carbonyl (C=O) groups is 2. The fourth-order valence-electron chi connectivity index (χ4n) is 3.88. The van der Waals surface area contributed by atoms with E-state index in [4.69, 9.17) is 0 Å². The second-order valence-electron chi connectivity index (χ2n) is 8.65. The zero-order chi connectivity index (χ0) is 28.8. The van der Waals surface area contributed by atoms with E-state index in [-0.39, 0.29) is 22.6 Å². The van der Waals surface area contributed by atoms with Crippen LogP contribution in [0.3, 0.4) is 0 Å². The fourth-order valence-corrected chi connectivity index (χ4v) is 4.98. The summed E-state index contributed by atoms with van der Waals surface area (Å²) in [6.07, 6.45) is -8.99. The Hall–Kier alpha value is -2.74. The van der Waals surface area contributed by atoms with Crippen molar-refractivity contribution in [1.29, 1.82) is 0 Å². The van der Waals surface area contributed by atoms with Gasteiger partial charge in [-0.15, -0.1) is 0 Å². The summed E-state index contributed by atoms with van der Waals surface area (Å²) in [5.74, 6) is -0.807. The van der Waals surface area contributed by atoms with E-state index in [9.17, 15) is 35.9 Å². The van der Waals surface area contributed by atoms with Crippen molar-refractivity contribution < 1.29 is 35.9 Å². The number of hydrogen-bond donors (Lipinski definition) is 0. The van der Waals surface area contributed by atoms with Crippen molar-refractivity contribution in [3.63, 3.8) is 0 Å². The van der Waals surface area contributed by atoms with Crippen LogP contribution in [0.1, 0.15) is 36.1 Å². The van der Waals surface area contributed by atoms with Crippen LogP contribution in [0.2, 0.25) is 0 Å². The Morgan fingerprint density at radius 2 is 0.947 bits per heavy atom. The van der Waals surface area contributed by atoms with Crippen LogP contribution < -0.4 is 0 Å². The molecule has 0 spiro atoms. The zero-order valence-corrected chi connectivity index (χ0v) is 23.4. The van der Waals surface area contributed by atoms with Gasteiger partial charge >= 0.3 is 12.4 Å². The molecule has 0 bridgehead atoms. The van der Waals surface area contributed by atoms with Crippen molar-refractivity contribution in [2.75, 3.05) is 14.1 Å². The normalized spacial score (nSPS) is 23.8. The molecule has 4 rings (SSSR count). The van der Waals surface area contributed by atoms with Gasteiger partial charge in [-0.25, -0.2) is 10.0 Å². The first kappa shape index (κ1) is 29.8. The second kappa shape index (κ2) is 10.1. The van der Waals surface area contributed by atoms with Crippen LogP contribution in [0.15, 0.2) is 58.7 Å². The topological polar surface area (TPSA) is 65.3 Å². The SMILES string of the molecule is CN1N=C(c2ccccc2C(F)(F)F)C(C)(Br)C1=O.CN1N=C(c2ccccc2C(F)(F)F)C(C)(Br)C1=O. The lowest BCUT2D eigenvalue weighted by Gasteiger charge is -2.19. The maximum atomic E-state index is 13.0. The Balaban J connectivity index is 0.000000211. The summed E-state index contributed by atoms with van der Waals surface area (Å²) in [7, 11) is 2.82. The maximum Gasteiger partial charge on any atom is 0.417 e. The van der Waals surface area contributed by atoms with Gasteiger partial charge in [0.15, 0.2) is 0 Å². The standard InChI is InChI=1S/2C12H10BrF3N2O/c2*1-11(13)9(17-18(2)10(11)19)7-5-3-4-6-8(7)12(14,15)16/h2*3-6H,1-2H3. The van der Waals surface area contributed by atoms with Gasteiger partial charge in [0.1, 0.15) is 8.65 Å². The summed E-state index contributed by atoms with van der Waals surface area (Å²) in [4.78, 5) is 23.7. The molecule has 2 heterocycles.